The molecular weight excluding hydrogens is 238 g/mol. The fraction of sp³-hybridized carbons (Fsp3) is 0.250. The molecule has 1 heterocycles. The van der Waals surface area contributed by atoms with Gasteiger partial charge in [0.25, 0.3) is 0 Å². The summed E-state index contributed by atoms with van der Waals surface area (Å²) in [5.74, 6) is 0.304. The Morgan fingerprint density at radius 3 is 2.58 bits per heavy atom. The van der Waals surface area contributed by atoms with Crippen molar-refractivity contribution >= 4 is 5.78 Å². The maximum atomic E-state index is 12.4. The van der Waals surface area contributed by atoms with Gasteiger partial charge in [0, 0.05) is 11.8 Å². The first-order valence-electron chi connectivity index (χ1n) is 6.39. The Morgan fingerprint density at radius 2 is 1.95 bits per heavy atom. The molecule has 0 unspecified atom stereocenters. The molecule has 0 radical (unpaired) electrons. The Morgan fingerprint density at radius 1 is 1.21 bits per heavy atom. The van der Waals surface area contributed by atoms with Gasteiger partial charge < -0.3 is 4.74 Å². The van der Waals surface area contributed by atoms with Gasteiger partial charge in [0.15, 0.2) is 5.78 Å². The van der Waals surface area contributed by atoms with Gasteiger partial charge in [-0.1, -0.05) is 37.6 Å². The van der Waals surface area contributed by atoms with Crippen LogP contribution in [0, 0.1) is 0 Å². The SMILES string of the molecule is CCCc1ccc(C(=O)c2cccnc2OC)cc1. The highest BCUT2D eigenvalue weighted by Crippen LogP contribution is 2.19. The number of ether oxygens (including phenoxy) is 1. The minimum atomic E-state index is -0.0620. The molecule has 0 aliphatic heterocycles. The molecule has 0 bridgehead atoms. The van der Waals surface area contributed by atoms with E-state index < -0.39 is 0 Å². The van der Waals surface area contributed by atoms with Crippen molar-refractivity contribution in [1.82, 2.24) is 4.98 Å². The number of carbonyl (C=O) groups excluding carboxylic acids is 1. The van der Waals surface area contributed by atoms with Crippen LogP contribution in [-0.4, -0.2) is 17.9 Å². The van der Waals surface area contributed by atoms with Crippen molar-refractivity contribution < 1.29 is 9.53 Å². The van der Waals surface area contributed by atoms with Crippen molar-refractivity contribution in [3.63, 3.8) is 0 Å². The number of rotatable bonds is 5. The number of nitrogens with zero attached hydrogens (tertiary/aromatic N) is 1. The molecule has 2 rings (SSSR count). The highest BCUT2D eigenvalue weighted by molar-refractivity contribution is 6.10. The van der Waals surface area contributed by atoms with Crippen molar-refractivity contribution in [3.8, 4) is 5.88 Å². The fourth-order valence-corrected chi connectivity index (χ4v) is 1.99. The van der Waals surface area contributed by atoms with E-state index in [2.05, 4.69) is 11.9 Å². The molecule has 3 heteroatoms. The van der Waals surface area contributed by atoms with Gasteiger partial charge in [0.05, 0.1) is 12.7 Å². The lowest BCUT2D eigenvalue weighted by Gasteiger charge is -2.06. The van der Waals surface area contributed by atoms with E-state index in [1.54, 1.807) is 18.3 Å². The number of carbonyl (C=O) groups is 1. The summed E-state index contributed by atoms with van der Waals surface area (Å²) in [6.07, 6.45) is 3.74. The van der Waals surface area contributed by atoms with Crippen LogP contribution in [0.1, 0.15) is 34.8 Å². The molecule has 0 saturated carbocycles. The molecule has 2 aromatic rings. The van der Waals surface area contributed by atoms with Gasteiger partial charge in [0.1, 0.15) is 0 Å². The van der Waals surface area contributed by atoms with Crippen molar-refractivity contribution in [2.75, 3.05) is 7.11 Å². The molecule has 0 saturated heterocycles. The van der Waals surface area contributed by atoms with Gasteiger partial charge in [-0.15, -0.1) is 0 Å². The fourth-order valence-electron chi connectivity index (χ4n) is 1.99. The molecular formula is C16H17NO2. The number of aryl methyl sites for hydroxylation is 1. The quantitative estimate of drug-likeness (QED) is 0.770. The first-order chi connectivity index (χ1) is 9.26. The van der Waals surface area contributed by atoms with E-state index in [1.807, 2.05) is 24.3 Å². The Hall–Kier alpha value is -2.16. The lowest BCUT2D eigenvalue weighted by molar-refractivity contribution is 0.103. The average molecular weight is 255 g/mol. The molecule has 0 spiro atoms. The Labute approximate surface area is 113 Å². The molecule has 0 fully saturated rings. The number of benzene rings is 1. The Balaban J connectivity index is 2.28. The number of hydrogen-bond acceptors (Lipinski definition) is 3. The number of ketones is 1. The monoisotopic (exact) mass is 255 g/mol. The highest BCUT2D eigenvalue weighted by Gasteiger charge is 2.14. The molecule has 1 aromatic carbocycles. The standard InChI is InChI=1S/C16H17NO2/c1-3-5-12-7-9-13(10-8-12)15(18)14-6-4-11-17-16(14)19-2/h4,6-11H,3,5H2,1-2H3. The van der Waals surface area contributed by atoms with Crippen LogP contribution in [0.4, 0.5) is 0 Å². The second kappa shape index (κ2) is 6.14. The van der Waals surface area contributed by atoms with Crippen molar-refractivity contribution in [1.29, 1.82) is 0 Å². The van der Waals surface area contributed by atoms with E-state index in [0.29, 0.717) is 17.0 Å². The topological polar surface area (TPSA) is 39.2 Å². The zero-order valence-electron chi connectivity index (χ0n) is 11.2. The van der Waals surface area contributed by atoms with Crippen molar-refractivity contribution in [3.05, 3.63) is 59.3 Å². The van der Waals surface area contributed by atoms with Gasteiger partial charge in [-0.2, -0.15) is 0 Å². The summed E-state index contributed by atoms with van der Waals surface area (Å²) in [6.45, 7) is 2.14. The van der Waals surface area contributed by atoms with Crippen LogP contribution in [0.5, 0.6) is 5.88 Å². The van der Waals surface area contributed by atoms with Crippen LogP contribution in [-0.2, 0) is 6.42 Å². The smallest absolute Gasteiger partial charge is 0.224 e. The molecule has 0 aliphatic carbocycles. The third-order valence-electron chi connectivity index (χ3n) is 2.96. The predicted octanol–water partition coefficient (Wildman–Crippen LogP) is 3.27. The largest absolute Gasteiger partial charge is 0.480 e. The first kappa shape index (κ1) is 13.3. The normalized spacial score (nSPS) is 10.2. The number of methoxy groups -OCH3 is 1. The maximum Gasteiger partial charge on any atom is 0.224 e. The minimum absolute atomic E-state index is 0.0620. The van der Waals surface area contributed by atoms with Gasteiger partial charge in [-0.05, 0) is 24.1 Å². The predicted molar refractivity (Wildman–Crippen MR) is 74.7 cm³/mol. The van der Waals surface area contributed by atoms with Gasteiger partial charge in [-0.3, -0.25) is 4.79 Å². The van der Waals surface area contributed by atoms with Crippen LogP contribution >= 0.6 is 0 Å². The van der Waals surface area contributed by atoms with E-state index >= 15 is 0 Å². The lowest BCUT2D eigenvalue weighted by atomic mass is 10.0. The highest BCUT2D eigenvalue weighted by atomic mass is 16.5. The van der Waals surface area contributed by atoms with Crippen LogP contribution < -0.4 is 4.74 Å². The van der Waals surface area contributed by atoms with E-state index in [-0.39, 0.29) is 5.78 Å². The van der Waals surface area contributed by atoms with E-state index in [1.165, 1.54) is 12.7 Å². The van der Waals surface area contributed by atoms with E-state index in [0.717, 1.165) is 12.8 Å². The summed E-state index contributed by atoms with van der Waals surface area (Å²) in [5, 5.41) is 0. The van der Waals surface area contributed by atoms with Gasteiger partial charge >= 0.3 is 0 Å². The first-order valence-corrected chi connectivity index (χ1v) is 6.39. The van der Waals surface area contributed by atoms with Crippen LogP contribution in [0.25, 0.3) is 0 Å². The second-order valence-corrected chi connectivity index (χ2v) is 4.34. The third kappa shape index (κ3) is 2.99. The van der Waals surface area contributed by atoms with Crippen LogP contribution in [0.2, 0.25) is 0 Å². The van der Waals surface area contributed by atoms with Gasteiger partial charge in [0.2, 0.25) is 5.88 Å². The molecule has 0 N–H and O–H groups in total. The summed E-state index contributed by atoms with van der Waals surface area (Å²) in [6, 6.07) is 11.2. The Bertz CT molecular complexity index is 561. The summed E-state index contributed by atoms with van der Waals surface area (Å²) in [7, 11) is 1.52. The second-order valence-electron chi connectivity index (χ2n) is 4.34. The van der Waals surface area contributed by atoms with Crippen LogP contribution in [0.15, 0.2) is 42.6 Å². The molecule has 0 atom stereocenters. The zero-order valence-corrected chi connectivity index (χ0v) is 11.2. The number of hydrogen-bond donors (Lipinski definition) is 0. The molecule has 0 aliphatic rings. The number of pyridine rings is 1. The molecule has 1 aromatic heterocycles. The van der Waals surface area contributed by atoms with Crippen LogP contribution in [0.3, 0.4) is 0 Å². The molecule has 98 valence electrons. The zero-order chi connectivity index (χ0) is 13.7. The molecule has 3 nitrogen and oxygen atoms in total. The summed E-state index contributed by atoms with van der Waals surface area (Å²) in [5.41, 5.74) is 2.40. The summed E-state index contributed by atoms with van der Waals surface area (Å²) < 4.78 is 5.12. The van der Waals surface area contributed by atoms with Gasteiger partial charge in [-0.25, -0.2) is 4.98 Å². The van der Waals surface area contributed by atoms with E-state index in [9.17, 15) is 4.79 Å². The van der Waals surface area contributed by atoms with Crippen molar-refractivity contribution in [2.24, 2.45) is 0 Å². The number of aromatic nitrogens is 1. The lowest BCUT2D eigenvalue weighted by Crippen LogP contribution is -2.05. The molecule has 19 heavy (non-hydrogen) atoms. The molecule has 0 amide bonds. The summed E-state index contributed by atoms with van der Waals surface area (Å²) in [4.78, 5) is 16.4. The minimum Gasteiger partial charge on any atom is -0.480 e. The maximum absolute atomic E-state index is 12.4. The Kier molecular flexibility index (Phi) is 4.29. The average Bonchev–Trinajstić information content (AvgIpc) is 2.47. The van der Waals surface area contributed by atoms with Crippen molar-refractivity contribution in [2.45, 2.75) is 19.8 Å². The third-order valence-corrected chi connectivity index (χ3v) is 2.96. The van der Waals surface area contributed by atoms with E-state index in [4.69, 9.17) is 4.74 Å². The summed E-state index contributed by atoms with van der Waals surface area (Å²) >= 11 is 0.